The van der Waals surface area contributed by atoms with Crippen molar-refractivity contribution in [3.8, 4) is 5.75 Å². The molecule has 0 aliphatic carbocycles. The van der Waals surface area contributed by atoms with E-state index in [1.54, 1.807) is 30.3 Å². The van der Waals surface area contributed by atoms with Crippen LogP contribution in [-0.4, -0.2) is 35.4 Å². The second kappa shape index (κ2) is 10.5. The standard InChI is InChI=1S/C30H29BrFNO4/c1-30(2,3)21-10-7-19(8-11-21)26-25(27(34)20-9-14-24(37-4)23(31)17-20)28(35)29(36)33(26)16-15-18-5-12-22(32)13-6-18/h5-14,17,26,34H,15-16H2,1-4H3/b27-25-. The fourth-order valence-electron chi connectivity index (χ4n) is 4.49. The van der Waals surface area contributed by atoms with Gasteiger partial charge in [-0.15, -0.1) is 0 Å². The lowest BCUT2D eigenvalue weighted by atomic mass is 9.85. The molecule has 1 atom stereocenters. The van der Waals surface area contributed by atoms with Crippen molar-refractivity contribution >= 4 is 33.4 Å². The Morgan fingerprint density at radius 2 is 1.68 bits per heavy atom. The molecule has 0 radical (unpaired) electrons. The maximum atomic E-state index is 13.4. The van der Waals surface area contributed by atoms with Gasteiger partial charge in [-0.25, -0.2) is 4.39 Å². The summed E-state index contributed by atoms with van der Waals surface area (Å²) in [5.41, 5.74) is 3.02. The van der Waals surface area contributed by atoms with E-state index in [9.17, 15) is 19.1 Å². The number of ketones is 1. The molecule has 3 aromatic rings. The van der Waals surface area contributed by atoms with Crippen LogP contribution in [0.15, 0.2) is 76.8 Å². The molecule has 4 rings (SSSR count). The Morgan fingerprint density at radius 1 is 1.03 bits per heavy atom. The molecule has 0 bridgehead atoms. The van der Waals surface area contributed by atoms with Crippen LogP contribution in [0.1, 0.15) is 49.1 Å². The summed E-state index contributed by atoms with van der Waals surface area (Å²) >= 11 is 3.42. The maximum Gasteiger partial charge on any atom is 0.295 e. The Balaban J connectivity index is 1.79. The lowest BCUT2D eigenvalue weighted by Crippen LogP contribution is -2.31. The molecule has 0 saturated carbocycles. The van der Waals surface area contributed by atoms with Crippen LogP contribution in [-0.2, 0) is 21.4 Å². The quantitative estimate of drug-likeness (QED) is 0.209. The molecule has 1 unspecified atom stereocenters. The van der Waals surface area contributed by atoms with Crippen molar-refractivity contribution in [1.29, 1.82) is 0 Å². The molecular formula is C30H29BrFNO4. The molecule has 7 heteroatoms. The highest BCUT2D eigenvalue weighted by Gasteiger charge is 2.46. The van der Waals surface area contributed by atoms with Crippen molar-refractivity contribution in [2.75, 3.05) is 13.7 Å². The Hall–Kier alpha value is -3.45. The summed E-state index contributed by atoms with van der Waals surface area (Å²) in [4.78, 5) is 28.0. The molecule has 0 spiro atoms. The number of Topliss-reactive ketones (excluding diaryl/α,β-unsaturated/α-hetero) is 1. The molecule has 1 N–H and O–H groups in total. The number of benzene rings is 3. The van der Waals surface area contributed by atoms with Crippen LogP contribution in [0.2, 0.25) is 0 Å². The molecule has 1 amide bonds. The second-order valence-electron chi connectivity index (χ2n) is 10.1. The monoisotopic (exact) mass is 565 g/mol. The number of amides is 1. The number of rotatable bonds is 6. The zero-order valence-electron chi connectivity index (χ0n) is 21.2. The van der Waals surface area contributed by atoms with Crippen LogP contribution >= 0.6 is 15.9 Å². The van der Waals surface area contributed by atoms with E-state index in [2.05, 4.69) is 36.7 Å². The van der Waals surface area contributed by atoms with E-state index in [0.717, 1.165) is 16.7 Å². The molecule has 1 saturated heterocycles. The van der Waals surface area contributed by atoms with Crippen molar-refractivity contribution in [2.24, 2.45) is 0 Å². The van der Waals surface area contributed by atoms with E-state index in [1.165, 1.54) is 24.1 Å². The van der Waals surface area contributed by atoms with Gasteiger partial charge in [0, 0.05) is 12.1 Å². The minimum absolute atomic E-state index is 0.0321. The van der Waals surface area contributed by atoms with Crippen LogP contribution in [0, 0.1) is 5.82 Å². The predicted molar refractivity (Wildman–Crippen MR) is 145 cm³/mol. The lowest BCUT2D eigenvalue weighted by Gasteiger charge is -2.26. The molecule has 1 fully saturated rings. The topological polar surface area (TPSA) is 66.8 Å². The summed E-state index contributed by atoms with van der Waals surface area (Å²) in [6, 6.07) is 18.0. The van der Waals surface area contributed by atoms with E-state index in [4.69, 9.17) is 4.74 Å². The first kappa shape index (κ1) is 26.6. The summed E-state index contributed by atoms with van der Waals surface area (Å²) in [5, 5.41) is 11.3. The lowest BCUT2D eigenvalue weighted by molar-refractivity contribution is -0.139. The van der Waals surface area contributed by atoms with Gasteiger partial charge in [0.05, 0.1) is 23.2 Å². The number of aliphatic hydroxyl groups is 1. The molecule has 192 valence electrons. The third-order valence-corrected chi connectivity index (χ3v) is 7.23. The summed E-state index contributed by atoms with van der Waals surface area (Å²) in [6.45, 7) is 6.56. The zero-order chi connectivity index (χ0) is 26.9. The molecular weight excluding hydrogens is 537 g/mol. The number of nitrogens with zero attached hydrogens (tertiary/aromatic N) is 1. The fourth-order valence-corrected chi connectivity index (χ4v) is 5.03. The average molecular weight is 566 g/mol. The summed E-state index contributed by atoms with van der Waals surface area (Å²) in [7, 11) is 1.54. The molecule has 3 aromatic carbocycles. The third kappa shape index (κ3) is 5.47. The highest BCUT2D eigenvalue weighted by molar-refractivity contribution is 9.10. The van der Waals surface area contributed by atoms with Gasteiger partial charge >= 0.3 is 0 Å². The van der Waals surface area contributed by atoms with E-state index in [0.29, 0.717) is 22.2 Å². The molecule has 0 aromatic heterocycles. The Kier molecular flexibility index (Phi) is 7.55. The van der Waals surface area contributed by atoms with E-state index in [-0.39, 0.29) is 29.1 Å². The Bertz CT molecular complexity index is 1360. The third-order valence-electron chi connectivity index (χ3n) is 6.61. The van der Waals surface area contributed by atoms with E-state index in [1.807, 2.05) is 24.3 Å². The number of carbonyl (C=O) groups excluding carboxylic acids is 2. The second-order valence-corrected chi connectivity index (χ2v) is 10.9. The number of hydrogen-bond acceptors (Lipinski definition) is 4. The van der Waals surface area contributed by atoms with E-state index >= 15 is 0 Å². The van der Waals surface area contributed by atoms with Crippen LogP contribution in [0.3, 0.4) is 0 Å². The first-order valence-corrected chi connectivity index (χ1v) is 12.8. The van der Waals surface area contributed by atoms with Crippen LogP contribution in [0.4, 0.5) is 4.39 Å². The zero-order valence-corrected chi connectivity index (χ0v) is 22.8. The summed E-state index contributed by atoms with van der Waals surface area (Å²) in [6.07, 6.45) is 0.429. The van der Waals surface area contributed by atoms with Gasteiger partial charge in [0.2, 0.25) is 0 Å². The van der Waals surface area contributed by atoms with Crippen molar-refractivity contribution in [1.82, 2.24) is 4.90 Å². The van der Waals surface area contributed by atoms with Crippen LogP contribution in [0.5, 0.6) is 5.75 Å². The van der Waals surface area contributed by atoms with Gasteiger partial charge in [0.15, 0.2) is 0 Å². The molecule has 1 heterocycles. The summed E-state index contributed by atoms with van der Waals surface area (Å²) < 4.78 is 19.2. The number of hydrogen-bond donors (Lipinski definition) is 1. The number of carbonyl (C=O) groups is 2. The normalized spacial score (nSPS) is 17.4. The molecule has 5 nitrogen and oxygen atoms in total. The number of halogens is 2. The SMILES string of the molecule is COc1ccc(/C(O)=C2/C(=O)C(=O)N(CCc3ccc(F)cc3)C2c2ccc(C(C)(C)C)cc2)cc1Br. The van der Waals surface area contributed by atoms with Gasteiger partial charge in [-0.05, 0) is 74.8 Å². The minimum atomic E-state index is -0.768. The highest BCUT2D eigenvalue weighted by Crippen LogP contribution is 2.41. The Morgan fingerprint density at radius 3 is 2.24 bits per heavy atom. The van der Waals surface area contributed by atoms with Crippen molar-refractivity contribution in [3.05, 3.63) is 105 Å². The van der Waals surface area contributed by atoms with Gasteiger partial charge in [-0.1, -0.05) is 57.2 Å². The van der Waals surface area contributed by atoms with Crippen LogP contribution < -0.4 is 4.74 Å². The smallest absolute Gasteiger partial charge is 0.295 e. The first-order chi connectivity index (χ1) is 17.5. The van der Waals surface area contributed by atoms with Gasteiger partial charge in [0.25, 0.3) is 11.7 Å². The first-order valence-electron chi connectivity index (χ1n) is 12.0. The van der Waals surface area contributed by atoms with Crippen molar-refractivity contribution in [3.63, 3.8) is 0 Å². The van der Waals surface area contributed by atoms with Crippen molar-refractivity contribution in [2.45, 2.75) is 38.6 Å². The Labute approximate surface area is 224 Å². The fraction of sp³-hybridized carbons (Fsp3) is 0.267. The number of aliphatic hydroxyl groups excluding tert-OH is 1. The van der Waals surface area contributed by atoms with Gasteiger partial charge in [-0.2, -0.15) is 0 Å². The van der Waals surface area contributed by atoms with Crippen molar-refractivity contribution < 1.29 is 23.8 Å². The largest absolute Gasteiger partial charge is 0.507 e. The maximum absolute atomic E-state index is 13.4. The molecule has 37 heavy (non-hydrogen) atoms. The predicted octanol–water partition coefficient (Wildman–Crippen LogP) is 6.56. The number of methoxy groups -OCH3 is 1. The van der Waals surface area contributed by atoms with Gasteiger partial charge < -0.3 is 14.7 Å². The summed E-state index contributed by atoms with van der Waals surface area (Å²) in [5.74, 6) is -1.44. The van der Waals surface area contributed by atoms with E-state index < -0.39 is 17.7 Å². The van der Waals surface area contributed by atoms with Gasteiger partial charge in [0.1, 0.15) is 17.3 Å². The molecule has 1 aliphatic heterocycles. The highest BCUT2D eigenvalue weighted by atomic mass is 79.9. The molecule has 1 aliphatic rings. The minimum Gasteiger partial charge on any atom is -0.507 e. The number of likely N-dealkylation sites (tertiary alicyclic amines) is 1. The van der Waals surface area contributed by atoms with Gasteiger partial charge in [-0.3, -0.25) is 9.59 Å². The number of ether oxygens (including phenoxy) is 1. The van der Waals surface area contributed by atoms with Crippen LogP contribution in [0.25, 0.3) is 5.76 Å². The average Bonchev–Trinajstić information content (AvgIpc) is 3.12.